The molecule has 0 aliphatic heterocycles. The van der Waals surface area contributed by atoms with E-state index in [1.165, 1.54) is 0 Å². The third-order valence-electron chi connectivity index (χ3n) is 2.07. The van der Waals surface area contributed by atoms with Crippen molar-refractivity contribution in [3.63, 3.8) is 0 Å². The lowest BCUT2D eigenvalue weighted by molar-refractivity contribution is 1.33. The van der Waals surface area contributed by atoms with Crippen LogP contribution in [0.25, 0.3) is 11.1 Å². The van der Waals surface area contributed by atoms with Crippen molar-refractivity contribution >= 4 is 28.9 Å². The average molecular weight is 239 g/mol. The predicted octanol–water partition coefficient (Wildman–Crippen LogP) is 3.64. The number of hydrogen-bond acceptors (Lipinski definition) is 2. The number of para-hydroxylation sites is 1. The summed E-state index contributed by atoms with van der Waals surface area (Å²) in [6.07, 6.45) is 0. The van der Waals surface area contributed by atoms with Gasteiger partial charge in [0.15, 0.2) is 0 Å². The predicted molar refractivity (Wildman–Crippen MR) is 64.1 cm³/mol. The Balaban J connectivity index is 2.60. The van der Waals surface area contributed by atoms with Crippen LogP contribution < -0.4 is 5.73 Å². The van der Waals surface area contributed by atoms with Gasteiger partial charge in [-0.05, 0) is 18.2 Å². The first-order valence-corrected chi connectivity index (χ1v) is 5.11. The average Bonchev–Trinajstić information content (AvgIpc) is 2.20. The largest absolute Gasteiger partial charge is 0.398 e. The van der Waals surface area contributed by atoms with Gasteiger partial charge in [-0.1, -0.05) is 41.4 Å². The molecule has 0 unspecified atom stereocenters. The first-order valence-electron chi connectivity index (χ1n) is 4.35. The molecular weight excluding hydrogens is 231 g/mol. The highest BCUT2D eigenvalue weighted by molar-refractivity contribution is 6.34. The van der Waals surface area contributed by atoms with E-state index in [4.69, 9.17) is 28.9 Å². The summed E-state index contributed by atoms with van der Waals surface area (Å²) in [5.41, 5.74) is 8.17. The fourth-order valence-electron chi connectivity index (χ4n) is 1.36. The van der Waals surface area contributed by atoms with Crippen LogP contribution in [0.3, 0.4) is 0 Å². The molecule has 1 heterocycles. The van der Waals surface area contributed by atoms with Crippen LogP contribution in [0, 0.1) is 0 Å². The Morgan fingerprint density at radius 1 is 0.933 bits per heavy atom. The van der Waals surface area contributed by atoms with Crippen LogP contribution in [-0.2, 0) is 0 Å². The second-order valence-corrected chi connectivity index (χ2v) is 3.80. The van der Waals surface area contributed by atoms with E-state index in [1.807, 2.05) is 30.3 Å². The zero-order valence-corrected chi connectivity index (χ0v) is 9.26. The Morgan fingerprint density at radius 3 is 2.33 bits per heavy atom. The third kappa shape index (κ3) is 2.06. The summed E-state index contributed by atoms with van der Waals surface area (Å²) in [6.45, 7) is 0. The normalized spacial score (nSPS) is 10.3. The first-order chi connectivity index (χ1) is 7.18. The number of halogens is 2. The Labute approximate surface area is 97.7 Å². The van der Waals surface area contributed by atoms with Gasteiger partial charge in [0.1, 0.15) is 10.3 Å². The smallest absolute Gasteiger partial charge is 0.138 e. The Morgan fingerprint density at radius 2 is 1.67 bits per heavy atom. The van der Waals surface area contributed by atoms with Crippen molar-refractivity contribution in [3.8, 4) is 11.1 Å². The molecule has 76 valence electrons. The molecule has 0 atom stereocenters. The Kier molecular flexibility index (Phi) is 2.80. The molecule has 1 aromatic heterocycles. The lowest BCUT2D eigenvalue weighted by atomic mass is 10.1. The standard InChI is InChI=1S/C11H8Cl2N2/c12-10-6-5-8(11(13)15-10)7-3-1-2-4-9(7)14/h1-6H,14H2. The quantitative estimate of drug-likeness (QED) is 0.609. The van der Waals surface area contributed by atoms with E-state index in [0.717, 1.165) is 11.1 Å². The lowest BCUT2D eigenvalue weighted by Crippen LogP contribution is -1.91. The van der Waals surface area contributed by atoms with Crippen molar-refractivity contribution in [1.29, 1.82) is 0 Å². The number of aromatic nitrogens is 1. The second kappa shape index (κ2) is 4.09. The van der Waals surface area contributed by atoms with Crippen LogP contribution in [0.15, 0.2) is 36.4 Å². The zero-order chi connectivity index (χ0) is 10.8. The molecule has 2 nitrogen and oxygen atoms in total. The van der Waals surface area contributed by atoms with Crippen molar-refractivity contribution in [1.82, 2.24) is 4.98 Å². The summed E-state index contributed by atoms with van der Waals surface area (Å²) in [4.78, 5) is 3.97. The Bertz CT molecular complexity index is 498. The van der Waals surface area contributed by atoms with E-state index in [2.05, 4.69) is 4.98 Å². The van der Waals surface area contributed by atoms with Crippen LogP contribution in [0.4, 0.5) is 5.69 Å². The lowest BCUT2D eigenvalue weighted by Gasteiger charge is -2.06. The number of nitrogen functional groups attached to an aromatic ring is 1. The van der Waals surface area contributed by atoms with Gasteiger partial charge in [-0.2, -0.15) is 0 Å². The number of nitrogens with zero attached hydrogens (tertiary/aromatic N) is 1. The van der Waals surface area contributed by atoms with Crippen molar-refractivity contribution in [2.75, 3.05) is 5.73 Å². The van der Waals surface area contributed by atoms with Crippen molar-refractivity contribution in [3.05, 3.63) is 46.7 Å². The maximum absolute atomic E-state index is 5.98. The fraction of sp³-hybridized carbons (Fsp3) is 0. The minimum atomic E-state index is 0.361. The van der Waals surface area contributed by atoms with E-state index in [-0.39, 0.29) is 0 Å². The monoisotopic (exact) mass is 238 g/mol. The molecule has 0 saturated carbocycles. The minimum Gasteiger partial charge on any atom is -0.398 e. The fourth-order valence-corrected chi connectivity index (χ4v) is 1.80. The highest BCUT2D eigenvalue weighted by Crippen LogP contribution is 2.31. The van der Waals surface area contributed by atoms with E-state index >= 15 is 0 Å². The summed E-state index contributed by atoms with van der Waals surface area (Å²) >= 11 is 11.7. The number of anilines is 1. The second-order valence-electron chi connectivity index (χ2n) is 3.06. The van der Waals surface area contributed by atoms with Crippen molar-refractivity contribution in [2.24, 2.45) is 0 Å². The van der Waals surface area contributed by atoms with Crippen molar-refractivity contribution < 1.29 is 0 Å². The summed E-state index contributed by atoms with van der Waals surface area (Å²) in [5.74, 6) is 0. The molecule has 15 heavy (non-hydrogen) atoms. The molecule has 0 aliphatic rings. The van der Waals surface area contributed by atoms with E-state index in [0.29, 0.717) is 16.0 Å². The first kappa shape index (κ1) is 10.3. The highest BCUT2D eigenvalue weighted by atomic mass is 35.5. The molecule has 0 aliphatic carbocycles. The molecule has 0 bridgehead atoms. The molecule has 0 spiro atoms. The van der Waals surface area contributed by atoms with Gasteiger partial charge in [0, 0.05) is 16.8 Å². The molecule has 1 aromatic carbocycles. The molecular formula is C11H8Cl2N2. The number of benzene rings is 1. The van der Waals surface area contributed by atoms with Gasteiger partial charge < -0.3 is 5.73 Å². The topological polar surface area (TPSA) is 38.9 Å². The number of nitrogens with two attached hydrogens (primary N) is 1. The minimum absolute atomic E-state index is 0.361. The van der Waals surface area contributed by atoms with Gasteiger partial charge in [0.25, 0.3) is 0 Å². The highest BCUT2D eigenvalue weighted by Gasteiger charge is 2.07. The van der Waals surface area contributed by atoms with E-state index in [9.17, 15) is 0 Å². The van der Waals surface area contributed by atoms with Crippen LogP contribution >= 0.6 is 23.2 Å². The molecule has 0 amide bonds. The molecule has 2 rings (SSSR count). The van der Waals surface area contributed by atoms with E-state index in [1.54, 1.807) is 6.07 Å². The summed E-state index contributed by atoms with van der Waals surface area (Å²) in [5, 5.41) is 0.735. The van der Waals surface area contributed by atoms with Gasteiger partial charge >= 0.3 is 0 Å². The van der Waals surface area contributed by atoms with E-state index < -0.39 is 0 Å². The van der Waals surface area contributed by atoms with Gasteiger partial charge in [0.2, 0.25) is 0 Å². The summed E-state index contributed by atoms with van der Waals surface area (Å²) in [6, 6.07) is 11.0. The van der Waals surface area contributed by atoms with Crippen LogP contribution in [0.2, 0.25) is 10.3 Å². The van der Waals surface area contributed by atoms with Crippen LogP contribution in [0.5, 0.6) is 0 Å². The molecule has 0 radical (unpaired) electrons. The molecule has 2 aromatic rings. The molecule has 4 heteroatoms. The molecule has 0 saturated heterocycles. The maximum atomic E-state index is 5.98. The maximum Gasteiger partial charge on any atom is 0.138 e. The third-order valence-corrected chi connectivity index (χ3v) is 2.56. The van der Waals surface area contributed by atoms with Crippen LogP contribution in [-0.4, -0.2) is 4.98 Å². The van der Waals surface area contributed by atoms with Gasteiger partial charge in [-0.25, -0.2) is 4.98 Å². The number of hydrogen-bond donors (Lipinski definition) is 1. The zero-order valence-electron chi connectivity index (χ0n) is 7.74. The van der Waals surface area contributed by atoms with Gasteiger partial charge in [-0.3, -0.25) is 0 Å². The van der Waals surface area contributed by atoms with Gasteiger partial charge in [-0.15, -0.1) is 0 Å². The number of rotatable bonds is 1. The van der Waals surface area contributed by atoms with Crippen LogP contribution in [0.1, 0.15) is 0 Å². The summed E-state index contributed by atoms with van der Waals surface area (Å²) < 4.78 is 0. The van der Waals surface area contributed by atoms with Gasteiger partial charge in [0.05, 0.1) is 0 Å². The Hall–Kier alpha value is -1.25. The molecule has 2 N–H and O–H groups in total. The molecule has 0 fully saturated rings. The SMILES string of the molecule is Nc1ccccc1-c1ccc(Cl)nc1Cl. The number of pyridine rings is 1. The van der Waals surface area contributed by atoms with Crippen molar-refractivity contribution in [2.45, 2.75) is 0 Å². The summed E-state index contributed by atoms with van der Waals surface area (Å²) in [7, 11) is 0.